The molecule has 0 amide bonds. The molecule has 2 aromatic rings. The van der Waals surface area contributed by atoms with Crippen LogP contribution in [0.2, 0.25) is 0 Å². The first-order chi connectivity index (χ1) is 7.33. The maximum atomic E-state index is 4.63. The van der Waals surface area contributed by atoms with E-state index in [0.29, 0.717) is 5.92 Å². The van der Waals surface area contributed by atoms with Crippen molar-refractivity contribution in [1.29, 1.82) is 0 Å². The molecule has 0 saturated heterocycles. The highest BCUT2D eigenvalue weighted by Crippen LogP contribution is 2.24. The summed E-state index contributed by atoms with van der Waals surface area (Å²) >= 11 is 8.85. The van der Waals surface area contributed by atoms with Gasteiger partial charge in [-0.2, -0.15) is 0 Å². The number of para-hydroxylation sites is 1. The molecule has 0 aliphatic rings. The highest BCUT2D eigenvalue weighted by molar-refractivity contribution is 9.09. The zero-order valence-corrected chi connectivity index (χ0v) is 12.1. The Kier molecular flexibility index (Phi) is 4.17. The highest BCUT2D eigenvalue weighted by atomic mass is 79.9. The minimum atomic E-state index is 0.630. The second-order valence-corrected chi connectivity index (χ2v) is 5.86. The van der Waals surface area contributed by atoms with E-state index in [-0.39, 0.29) is 0 Å². The predicted molar refractivity (Wildman–Crippen MR) is 74.4 cm³/mol. The van der Waals surface area contributed by atoms with Crippen molar-refractivity contribution in [3.63, 3.8) is 0 Å². The van der Waals surface area contributed by atoms with E-state index in [1.165, 1.54) is 9.71 Å². The second kappa shape index (κ2) is 5.41. The summed E-state index contributed by atoms with van der Waals surface area (Å²) in [5.41, 5.74) is 1.13. The lowest BCUT2D eigenvalue weighted by molar-refractivity contribution is 0.677. The minimum Gasteiger partial charge on any atom is -0.241 e. The zero-order valence-electron chi connectivity index (χ0n) is 8.12. The Bertz CT molecular complexity index is 404. The molecule has 1 aromatic heterocycles. The van der Waals surface area contributed by atoms with Crippen LogP contribution in [0.4, 0.5) is 0 Å². The monoisotopic (exact) mass is 347 g/mol. The standard InChI is InChI=1S/C11H11Br2NS/c12-6-8(7-13)5-11-14-9-3-1-2-4-10(9)15-11/h1-4,8H,5-7H2. The van der Waals surface area contributed by atoms with Gasteiger partial charge in [0.1, 0.15) is 0 Å². The fraction of sp³-hybridized carbons (Fsp3) is 0.364. The molecule has 1 nitrogen and oxygen atoms in total. The summed E-state index contributed by atoms with van der Waals surface area (Å²) in [6.45, 7) is 0. The molecule has 0 radical (unpaired) electrons. The van der Waals surface area contributed by atoms with Crippen molar-refractivity contribution in [1.82, 2.24) is 4.98 Å². The Morgan fingerprint density at radius 2 is 1.93 bits per heavy atom. The van der Waals surface area contributed by atoms with Gasteiger partial charge in [-0.3, -0.25) is 0 Å². The van der Waals surface area contributed by atoms with E-state index in [0.717, 1.165) is 22.6 Å². The van der Waals surface area contributed by atoms with Crippen molar-refractivity contribution in [2.24, 2.45) is 5.92 Å². The van der Waals surface area contributed by atoms with Crippen LogP contribution < -0.4 is 0 Å². The topological polar surface area (TPSA) is 12.9 Å². The second-order valence-electron chi connectivity index (χ2n) is 3.45. The molecule has 1 aromatic carbocycles. The molecular weight excluding hydrogens is 338 g/mol. The molecule has 0 atom stereocenters. The molecule has 1 heterocycles. The maximum absolute atomic E-state index is 4.63. The van der Waals surface area contributed by atoms with Crippen LogP contribution in [-0.4, -0.2) is 15.6 Å². The van der Waals surface area contributed by atoms with Gasteiger partial charge in [-0.25, -0.2) is 4.98 Å². The van der Waals surface area contributed by atoms with E-state index in [1.807, 2.05) is 6.07 Å². The summed E-state index contributed by atoms with van der Waals surface area (Å²) in [7, 11) is 0. The number of aromatic nitrogens is 1. The fourth-order valence-electron chi connectivity index (χ4n) is 1.40. The number of hydrogen-bond acceptors (Lipinski definition) is 2. The number of nitrogens with zero attached hydrogens (tertiary/aromatic N) is 1. The van der Waals surface area contributed by atoms with E-state index in [1.54, 1.807) is 11.3 Å². The smallest absolute Gasteiger partial charge is 0.0941 e. The van der Waals surface area contributed by atoms with Gasteiger partial charge in [-0.1, -0.05) is 44.0 Å². The molecule has 0 fully saturated rings. The number of fused-ring (bicyclic) bond motifs is 1. The lowest BCUT2D eigenvalue weighted by Gasteiger charge is -2.06. The molecule has 2 rings (SSSR count). The minimum absolute atomic E-state index is 0.630. The van der Waals surface area contributed by atoms with Gasteiger partial charge >= 0.3 is 0 Å². The fourth-order valence-corrected chi connectivity index (χ4v) is 4.02. The number of thiazole rings is 1. The predicted octanol–water partition coefficient (Wildman–Crippen LogP) is 4.24. The van der Waals surface area contributed by atoms with Crippen LogP contribution in [0.3, 0.4) is 0 Å². The van der Waals surface area contributed by atoms with E-state index >= 15 is 0 Å². The Hall–Kier alpha value is 0.0700. The Labute approximate surface area is 110 Å². The molecule has 0 aliphatic carbocycles. The Morgan fingerprint density at radius 3 is 2.60 bits per heavy atom. The first-order valence-corrected chi connectivity index (χ1v) is 7.86. The van der Waals surface area contributed by atoms with Crippen LogP contribution in [0, 0.1) is 5.92 Å². The number of benzene rings is 1. The molecule has 80 valence electrons. The van der Waals surface area contributed by atoms with E-state index in [4.69, 9.17) is 0 Å². The van der Waals surface area contributed by atoms with Crippen LogP contribution in [0.15, 0.2) is 24.3 Å². The molecule has 0 unspecified atom stereocenters. The average Bonchev–Trinajstić information content (AvgIpc) is 2.68. The third kappa shape index (κ3) is 2.80. The lowest BCUT2D eigenvalue weighted by Crippen LogP contribution is -2.06. The van der Waals surface area contributed by atoms with Crippen molar-refractivity contribution >= 4 is 53.4 Å². The quantitative estimate of drug-likeness (QED) is 0.753. The van der Waals surface area contributed by atoms with Crippen molar-refractivity contribution in [3.05, 3.63) is 29.3 Å². The summed E-state index contributed by atoms with van der Waals surface area (Å²) in [6, 6.07) is 8.31. The molecule has 15 heavy (non-hydrogen) atoms. The van der Waals surface area contributed by atoms with Crippen molar-refractivity contribution in [2.45, 2.75) is 6.42 Å². The maximum Gasteiger partial charge on any atom is 0.0941 e. The van der Waals surface area contributed by atoms with Crippen molar-refractivity contribution in [2.75, 3.05) is 10.7 Å². The Balaban J connectivity index is 2.21. The lowest BCUT2D eigenvalue weighted by atomic mass is 10.1. The van der Waals surface area contributed by atoms with Gasteiger partial charge in [0.05, 0.1) is 15.2 Å². The van der Waals surface area contributed by atoms with E-state index < -0.39 is 0 Å². The zero-order chi connectivity index (χ0) is 10.7. The third-order valence-electron chi connectivity index (χ3n) is 2.24. The van der Waals surface area contributed by atoms with Gasteiger partial charge in [-0.05, 0) is 18.1 Å². The van der Waals surface area contributed by atoms with Crippen molar-refractivity contribution < 1.29 is 0 Å². The van der Waals surface area contributed by atoms with Gasteiger partial charge in [0.15, 0.2) is 0 Å². The molecular formula is C11H11Br2NS. The van der Waals surface area contributed by atoms with Gasteiger partial charge in [0.2, 0.25) is 0 Å². The van der Waals surface area contributed by atoms with Crippen LogP contribution in [0.1, 0.15) is 5.01 Å². The SMILES string of the molecule is BrCC(CBr)Cc1nc2ccccc2s1. The Morgan fingerprint density at radius 1 is 1.20 bits per heavy atom. The molecule has 0 N–H and O–H groups in total. The third-order valence-corrected chi connectivity index (χ3v) is 5.13. The van der Waals surface area contributed by atoms with Crippen LogP contribution >= 0.6 is 43.2 Å². The first kappa shape index (κ1) is 11.6. The normalized spacial score (nSPS) is 11.4. The molecule has 0 saturated carbocycles. The molecule has 0 bridgehead atoms. The number of hydrogen-bond donors (Lipinski definition) is 0. The van der Waals surface area contributed by atoms with E-state index in [2.05, 4.69) is 55.0 Å². The van der Waals surface area contributed by atoms with Gasteiger partial charge in [0, 0.05) is 17.1 Å². The van der Waals surface area contributed by atoms with Crippen LogP contribution in [0.25, 0.3) is 10.2 Å². The van der Waals surface area contributed by atoms with Gasteiger partial charge in [0.25, 0.3) is 0 Å². The highest BCUT2D eigenvalue weighted by Gasteiger charge is 2.10. The molecule has 0 spiro atoms. The van der Waals surface area contributed by atoms with Gasteiger partial charge < -0.3 is 0 Å². The van der Waals surface area contributed by atoms with Crippen molar-refractivity contribution in [3.8, 4) is 0 Å². The summed E-state index contributed by atoms with van der Waals surface area (Å²) in [5.74, 6) is 0.630. The summed E-state index contributed by atoms with van der Waals surface area (Å²) in [4.78, 5) is 4.63. The number of rotatable bonds is 4. The summed E-state index contributed by atoms with van der Waals surface area (Å²) in [5, 5.41) is 3.28. The summed E-state index contributed by atoms with van der Waals surface area (Å²) in [6.07, 6.45) is 1.05. The number of halogens is 2. The average molecular weight is 349 g/mol. The van der Waals surface area contributed by atoms with Crippen LogP contribution in [0.5, 0.6) is 0 Å². The first-order valence-electron chi connectivity index (χ1n) is 4.80. The number of alkyl halides is 2. The van der Waals surface area contributed by atoms with Crippen LogP contribution in [-0.2, 0) is 6.42 Å². The van der Waals surface area contributed by atoms with Gasteiger partial charge in [-0.15, -0.1) is 11.3 Å². The molecule has 0 aliphatic heterocycles. The van der Waals surface area contributed by atoms with E-state index in [9.17, 15) is 0 Å². The molecule has 4 heteroatoms. The summed E-state index contributed by atoms with van der Waals surface area (Å²) < 4.78 is 1.29. The largest absolute Gasteiger partial charge is 0.241 e.